The van der Waals surface area contributed by atoms with Gasteiger partial charge in [-0.05, 0) is 41.1 Å². The molecule has 0 bridgehead atoms. The van der Waals surface area contributed by atoms with Crippen molar-refractivity contribution in [3.05, 3.63) is 59.0 Å². The molecule has 1 N–H and O–H groups in total. The molecule has 5 nitrogen and oxygen atoms in total. The van der Waals surface area contributed by atoms with Crippen LogP contribution in [-0.2, 0) is 13.1 Å². The molecule has 3 aromatic rings. The summed E-state index contributed by atoms with van der Waals surface area (Å²) in [5.74, 6) is 0.935. The molecule has 21 heavy (non-hydrogen) atoms. The summed E-state index contributed by atoms with van der Waals surface area (Å²) >= 11 is 3.55. The number of aromatic nitrogens is 4. The molecule has 0 aliphatic rings. The molecular weight excluding hydrogens is 330 g/mol. The summed E-state index contributed by atoms with van der Waals surface area (Å²) in [6.07, 6.45) is 3.62. The second-order valence-electron chi connectivity index (χ2n) is 4.58. The van der Waals surface area contributed by atoms with Gasteiger partial charge in [-0.3, -0.25) is 4.68 Å². The molecule has 0 saturated heterocycles. The zero-order chi connectivity index (χ0) is 14.7. The number of benzene rings is 1. The molecule has 0 radical (unpaired) electrons. The van der Waals surface area contributed by atoms with Crippen molar-refractivity contribution in [2.75, 3.05) is 5.32 Å². The number of aryl methyl sites for hydroxylation is 1. The van der Waals surface area contributed by atoms with Gasteiger partial charge in [-0.1, -0.05) is 18.2 Å². The fourth-order valence-corrected chi connectivity index (χ4v) is 2.62. The molecule has 0 spiro atoms. The summed E-state index contributed by atoms with van der Waals surface area (Å²) in [4.78, 5) is 0. The zero-order valence-corrected chi connectivity index (χ0v) is 13.3. The monoisotopic (exact) mass is 345 g/mol. The molecule has 0 saturated carbocycles. The first-order valence-corrected chi connectivity index (χ1v) is 7.62. The van der Waals surface area contributed by atoms with Crippen LogP contribution in [0.4, 0.5) is 5.82 Å². The van der Waals surface area contributed by atoms with E-state index in [1.165, 1.54) is 0 Å². The van der Waals surface area contributed by atoms with Crippen LogP contribution in [0.2, 0.25) is 0 Å². The Morgan fingerprint density at radius 1 is 1.14 bits per heavy atom. The molecule has 0 atom stereocenters. The lowest BCUT2D eigenvalue weighted by molar-refractivity contribution is 0.627. The Balaban J connectivity index is 1.84. The number of hydrogen-bond acceptors (Lipinski definition) is 3. The van der Waals surface area contributed by atoms with Crippen LogP contribution in [0.1, 0.15) is 12.6 Å². The van der Waals surface area contributed by atoms with Crippen LogP contribution in [0.15, 0.2) is 53.3 Å². The van der Waals surface area contributed by atoms with Gasteiger partial charge in [0.15, 0.2) is 0 Å². The molecule has 0 fully saturated rings. The minimum atomic E-state index is 0.699. The third kappa shape index (κ3) is 2.85. The van der Waals surface area contributed by atoms with Gasteiger partial charge in [0.2, 0.25) is 0 Å². The quantitative estimate of drug-likeness (QED) is 0.770. The SMILES string of the molecule is CCn1nccc1CNc1c(Br)cnn1-c1ccccc1. The standard InChI is InChI=1S/C15H16BrN5/c1-2-20-13(8-9-18-20)10-17-15-14(16)11-19-21(15)12-6-4-3-5-7-12/h3-9,11,17H,2,10H2,1H3. The third-order valence-electron chi connectivity index (χ3n) is 3.27. The molecule has 0 amide bonds. The summed E-state index contributed by atoms with van der Waals surface area (Å²) in [5, 5.41) is 12.1. The summed E-state index contributed by atoms with van der Waals surface area (Å²) in [6.45, 7) is 3.65. The summed E-state index contributed by atoms with van der Waals surface area (Å²) in [7, 11) is 0. The number of para-hydroxylation sites is 1. The Morgan fingerprint density at radius 2 is 1.95 bits per heavy atom. The van der Waals surface area contributed by atoms with Crippen LogP contribution >= 0.6 is 15.9 Å². The summed E-state index contributed by atoms with van der Waals surface area (Å²) in [5.41, 5.74) is 2.17. The third-order valence-corrected chi connectivity index (χ3v) is 3.85. The average Bonchev–Trinajstić information content (AvgIpc) is 3.12. The van der Waals surface area contributed by atoms with Crippen molar-refractivity contribution in [1.82, 2.24) is 19.6 Å². The Bertz CT molecular complexity index is 717. The predicted molar refractivity (Wildman–Crippen MR) is 86.5 cm³/mol. The van der Waals surface area contributed by atoms with E-state index in [4.69, 9.17) is 0 Å². The van der Waals surface area contributed by atoms with Crippen molar-refractivity contribution in [3.8, 4) is 5.69 Å². The van der Waals surface area contributed by atoms with Gasteiger partial charge in [0, 0.05) is 12.7 Å². The molecule has 0 aliphatic carbocycles. The van der Waals surface area contributed by atoms with Crippen LogP contribution in [0.3, 0.4) is 0 Å². The van der Waals surface area contributed by atoms with E-state index in [9.17, 15) is 0 Å². The van der Waals surface area contributed by atoms with E-state index in [0.717, 1.165) is 28.2 Å². The number of nitrogens with zero attached hydrogens (tertiary/aromatic N) is 4. The van der Waals surface area contributed by atoms with Crippen LogP contribution in [0.25, 0.3) is 5.69 Å². The van der Waals surface area contributed by atoms with Gasteiger partial charge in [-0.2, -0.15) is 10.2 Å². The summed E-state index contributed by atoms with van der Waals surface area (Å²) < 4.78 is 4.80. The molecular formula is C15H16BrN5. The highest BCUT2D eigenvalue weighted by atomic mass is 79.9. The average molecular weight is 346 g/mol. The maximum absolute atomic E-state index is 4.41. The minimum Gasteiger partial charge on any atom is -0.363 e. The maximum atomic E-state index is 4.41. The lowest BCUT2D eigenvalue weighted by Crippen LogP contribution is -2.11. The van der Waals surface area contributed by atoms with Gasteiger partial charge in [-0.15, -0.1) is 0 Å². The molecule has 0 aliphatic heterocycles. The number of halogens is 1. The maximum Gasteiger partial charge on any atom is 0.144 e. The Morgan fingerprint density at radius 3 is 2.71 bits per heavy atom. The number of anilines is 1. The van der Waals surface area contributed by atoms with E-state index >= 15 is 0 Å². The highest BCUT2D eigenvalue weighted by molar-refractivity contribution is 9.10. The fraction of sp³-hybridized carbons (Fsp3) is 0.200. The highest BCUT2D eigenvalue weighted by Gasteiger charge is 2.10. The largest absolute Gasteiger partial charge is 0.363 e. The number of nitrogens with one attached hydrogen (secondary N) is 1. The van der Waals surface area contributed by atoms with E-state index < -0.39 is 0 Å². The Labute approximate surface area is 131 Å². The molecule has 3 rings (SSSR count). The van der Waals surface area contributed by atoms with Crippen molar-refractivity contribution in [3.63, 3.8) is 0 Å². The Hall–Kier alpha value is -2.08. The fourth-order valence-electron chi connectivity index (χ4n) is 2.22. The Kier molecular flexibility index (Phi) is 4.06. The lowest BCUT2D eigenvalue weighted by atomic mass is 10.3. The second kappa shape index (κ2) is 6.13. The lowest BCUT2D eigenvalue weighted by Gasteiger charge is -2.11. The predicted octanol–water partition coefficient (Wildman–Crippen LogP) is 3.46. The van der Waals surface area contributed by atoms with Crippen molar-refractivity contribution in [1.29, 1.82) is 0 Å². The van der Waals surface area contributed by atoms with Crippen LogP contribution in [0.5, 0.6) is 0 Å². The van der Waals surface area contributed by atoms with E-state index in [-0.39, 0.29) is 0 Å². The number of rotatable bonds is 5. The highest BCUT2D eigenvalue weighted by Crippen LogP contribution is 2.25. The first-order chi connectivity index (χ1) is 10.3. The van der Waals surface area contributed by atoms with Gasteiger partial charge in [0.25, 0.3) is 0 Å². The van der Waals surface area contributed by atoms with E-state index in [2.05, 4.69) is 38.4 Å². The van der Waals surface area contributed by atoms with E-state index in [1.807, 2.05) is 52.0 Å². The van der Waals surface area contributed by atoms with E-state index in [0.29, 0.717) is 6.54 Å². The minimum absolute atomic E-state index is 0.699. The van der Waals surface area contributed by atoms with Crippen LogP contribution in [0, 0.1) is 0 Å². The van der Waals surface area contributed by atoms with Crippen LogP contribution in [-0.4, -0.2) is 19.6 Å². The van der Waals surface area contributed by atoms with Gasteiger partial charge >= 0.3 is 0 Å². The van der Waals surface area contributed by atoms with Gasteiger partial charge in [0.05, 0.1) is 28.6 Å². The second-order valence-corrected chi connectivity index (χ2v) is 5.43. The molecule has 0 unspecified atom stereocenters. The number of hydrogen-bond donors (Lipinski definition) is 1. The van der Waals surface area contributed by atoms with Crippen molar-refractivity contribution < 1.29 is 0 Å². The van der Waals surface area contributed by atoms with Crippen molar-refractivity contribution in [2.24, 2.45) is 0 Å². The van der Waals surface area contributed by atoms with Gasteiger partial charge < -0.3 is 5.32 Å². The van der Waals surface area contributed by atoms with E-state index in [1.54, 1.807) is 6.20 Å². The first-order valence-electron chi connectivity index (χ1n) is 6.83. The first kappa shape index (κ1) is 13.9. The zero-order valence-electron chi connectivity index (χ0n) is 11.7. The van der Waals surface area contributed by atoms with Crippen LogP contribution < -0.4 is 5.32 Å². The molecule has 2 heterocycles. The smallest absolute Gasteiger partial charge is 0.144 e. The molecule has 108 valence electrons. The summed E-state index contributed by atoms with van der Waals surface area (Å²) in [6, 6.07) is 12.1. The van der Waals surface area contributed by atoms with Crippen molar-refractivity contribution in [2.45, 2.75) is 20.0 Å². The van der Waals surface area contributed by atoms with Gasteiger partial charge in [-0.25, -0.2) is 4.68 Å². The van der Waals surface area contributed by atoms with Gasteiger partial charge in [0.1, 0.15) is 5.82 Å². The molecule has 6 heteroatoms. The normalized spacial score (nSPS) is 10.8. The molecule has 2 aromatic heterocycles. The van der Waals surface area contributed by atoms with Crippen molar-refractivity contribution >= 4 is 21.7 Å². The topological polar surface area (TPSA) is 47.7 Å². The molecule has 1 aromatic carbocycles.